The van der Waals surface area contributed by atoms with Gasteiger partial charge < -0.3 is 10.4 Å². The minimum absolute atomic E-state index is 0.428. The van der Waals surface area contributed by atoms with Crippen LogP contribution in [0.2, 0.25) is 0 Å². The van der Waals surface area contributed by atoms with Crippen molar-refractivity contribution in [2.24, 2.45) is 5.41 Å². The molecule has 1 saturated heterocycles. The molecular weight excluding hydrogens is 227 g/mol. The van der Waals surface area contributed by atoms with Gasteiger partial charge in [0.25, 0.3) is 0 Å². The number of halogens is 3. The second kappa shape index (κ2) is 4.40. The van der Waals surface area contributed by atoms with E-state index in [1.807, 2.05) is 0 Å². The number of carboxylic acid groups (broad SMARTS) is 1. The number of aliphatic carboxylic acids is 1. The zero-order valence-electron chi connectivity index (χ0n) is 8.43. The van der Waals surface area contributed by atoms with Crippen molar-refractivity contribution in [2.45, 2.75) is 25.4 Å². The molecule has 4 nitrogen and oxygen atoms in total. The van der Waals surface area contributed by atoms with Gasteiger partial charge in [0.2, 0.25) is 0 Å². The van der Waals surface area contributed by atoms with E-state index in [1.165, 1.54) is 0 Å². The van der Waals surface area contributed by atoms with Crippen LogP contribution in [0.15, 0.2) is 0 Å². The van der Waals surface area contributed by atoms with Gasteiger partial charge in [-0.15, -0.1) is 0 Å². The number of Topliss-reactive ketones (excluding diaryl/α,β-unsaturated/α-hetero) is 1. The van der Waals surface area contributed by atoms with Crippen molar-refractivity contribution in [1.29, 1.82) is 0 Å². The van der Waals surface area contributed by atoms with E-state index in [2.05, 4.69) is 5.32 Å². The molecule has 1 aliphatic heterocycles. The van der Waals surface area contributed by atoms with Crippen molar-refractivity contribution < 1.29 is 27.9 Å². The van der Waals surface area contributed by atoms with Gasteiger partial charge in [0, 0.05) is 31.3 Å². The molecule has 16 heavy (non-hydrogen) atoms. The average Bonchev–Trinajstić information content (AvgIpc) is 2.46. The highest BCUT2D eigenvalue weighted by molar-refractivity contribution is 5.81. The summed E-state index contributed by atoms with van der Waals surface area (Å²) >= 11 is 0. The lowest BCUT2D eigenvalue weighted by atomic mass is 9.80. The molecule has 0 aromatic heterocycles. The fourth-order valence-electron chi connectivity index (χ4n) is 1.78. The maximum atomic E-state index is 10.8. The number of carbonyl (C=O) groups is 2. The minimum Gasteiger partial charge on any atom is -0.475 e. The van der Waals surface area contributed by atoms with E-state index in [1.54, 1.807) is 0 Å². The Morgan fingerprint density at radius 1 is 1.38 bits per heavy atom. The first-order valence-corrected chi connectivity index (χ1v) is 4.78. The lowest BCUT2D eigenvalue weighted by Crippen LogP contribution is -2.51. The van der Waals surface area contributed by atoms with Crippen LogP contribution in [0.3, 0.4) is 0 Å². The number of hydrogen-bond donors (Lipinski definition) is 2. The van der Waals surface area contributed by atoms with Gasteiger partial charge >= 0.3 is 12.1 Å². The third-order valence-electron chi connectivity index (χ3n) is 2.75. The van der Waals surface area contributed by atoms with Crippen molar-refractivity contribution in [3.05, 3.63) is 0 Å². The minimum atomic E-state index is -5.08. The predicted octanol–water partition coefficient (Wildman–Crippen LogP) is 0.962. The molecule has 2 rings (SSSR count). The lowest BCUT2D eigenvalue weighted by molar-refractivity contribution is -0.192. The molecule has 7 heteroatoms. The molecular formula is C9H12F3NO3. The Hall–Kier alpha value is -1.11. The molecule has 0 bridgehead atoms. The van der Waals surface area contributed by atoms with Gasteiger partial charge in [-0.05, 0) is 6.42 Å². The van der Waals surface area contributed by atoms with Crippen LogP contribution in [0.1, 0.15) is 19.3 Å². The van der Waals surface area contributed by atoms with Gasteiger partial charge in [-0.2, -0.15) is 13.2 Å². The smallest absolute Gasteiger partial charge is 0.475 e. The van der Waals surface area contributed by atoms with Gasteiger partial charge in [0.15, 0.2) is 0 Å². The summed E-state index contributed by atoms with van der Waals surface area (Å²) in [7, 11) is 0. The molecule has 1 saturated carbocycles. The van der Waals surface area contributed by atoms with Crippen LogP contribution in [0.25, 0.3) is 0 Å². The molecule has 0 amide bonds. The van der Waals surface area contributed by atoms with Crippen LogP contribution in [0.5, 0.6) is 0 Å². The van der Waals surface area contributed by atoms with Crippen molar-refractivity contribution in [3.8, 4) is 0 Å². The van der Waals surface area contributed by atoms with Crippen LogP contribution in [0, 0.1) is 5.41 Å². The van der Waals surface area contributed by atoms with E-state index in [4.69, 9.17) is 9.90 Å². The number of nitrogens with one attached hydrogen (secondary N) is 1. The van der Waals surface area contributed by atoms with Crippen LogP contribution in [-0.4, -0.2) is 36.1 Å². The van der Waals surface area contributed by atoms with Gasteiger partial charge in [0.1, 0.15) is 5.78 Å². The van der Waals surface area contributed by atoms with Crippen LogP contribution in [0.4, 0.5) is 13.2 Å². The SMILES string of the molecule is O=C(O)C(F)(F)F.O=C1CCC2(CNC2)C1. The first kappa shape index (κ1) is 13.0. The molecule has 0 unspecified atom stereocenters. The van der Waals surface area contributed by atoms with E-state index in [0.29, 0.717) is 11.2 Å². The van der Waals surface area contributed by atoms with Crippen molar-refractivity contribution in [3.63, 3.8) is 0 Å². The number of carboxylic acids is 1. The van der Waals surface area contributed by atoms with E-state index in [9.17, 15) is 18.0 Å². The zero-order chi connectivity index (χ0) is 12.4. The summed E-state index contributed by atoms with van der Waals surface area (Å²) < 4.78 is 31.7. The van der Waals surface area contributed by atoms with E-state index < -0.39 is 12.1 Å². The number of hydrogen-bond acceptors (Lipinski definition) is 3. The first-order valence-electron chi connectivity index (χ1n) is 4.78. The second-order valence-corrected chi connectivity index (χ2v) is 4.12. The quantitative estimate of drug-likeness (QED) is 0.660. The summed E-state index contributed by atoms with van der Waals surface area (Å²) in [5.74, 6) is -2.29. The van der Waals surface area contributed by atoms with Crippen molar-refractivity contribution in [2.75, 3.05) is 13.1 Å². The summed E-state index contributed by atoms with van der Waals surface area (Å²) in [6.45, 7) is 2.16. The maximum Gasteiger partial charge on any atom is 0.490 e. The third kappa shape index (κ3) is 3.19. The van der Waals surface area contributed by atoms with Crippen LogP contribution in [-0.2, 0) is 9.59 Å². The van der Waals surface area contributed by atoms with E-state index in [0.717, 1.165) is 32.4 Å². The van der Waals surface area contributed by atoms with Crippen molar-refractivity contribution in [1.82, 2.24) is 5.32 Å². The normalized spacial score (nSPS) is 22.3. The molecule has 0 atom stereocenters. The Balaban J connectivity index is 0.000000168. The van der Waals surface area contributed by atoms with Crippen LogP contribution >= 0.6 is 0 Å². The average molecular weight is 239 g/mol. The summed E-state index contributed by atoms with van der Waals surface area (Å²) in [5, 5.41) is 10.3. The fraction of sp³-hybridized carbons (Fsp3) is 0.778. The first-order chi connectivity index (χ1) is 7.25. The molecule has 2 N–H and O–H groups in total. The Morgan fingerprint density at radius 2 is 1.88 bits per heavy atom. The molecule has 0 aromatic carbocycles. The highest BCUT2D eigenvalue weighted by Gasteiger charge is 2.42. The molecule has 1 aliphatic carbocycles. The van der Waals surface area contributed by atoms with Gasteiger partial charge in [-0.3, -0.25) is 4.79 Å². The monoisotopic (exact) mass is 239 g/mol. The highest BCUT2D eigenvalue weighted by atomic mass is 19.4. The summed E-state index contributed by atoms with van der Waals surface area (Å²) in [5.41, 5.74) is 0.428. The van der Waals surface area contributed by atoms with Gasteiger partial charge in [0.05, 0.1) is 0 Å². The molecule has 92 valence electrons. The summed E-state index contributed by atoms with van der Waals surface area (Å²) in [4.78, 5) is 19.7. The molecule has 0 aromatic rings. The van der Waals surface area contributed by atoms with Gasteiger partial charge in [-0.1, -0.05) is 0 Å². The largest absolute Gasteiger partial charge is 0.490 e. The molecule has 1 spiro atoms. The summed E-state index contributed by atoms with van der Waals surface area (Å²) in [6, 6.07) is 0. The Kier molecular flexibility index (Phi) is 3.57. The zero-order valence-corrected chi connectivity index (χ0v) is 8.43. The Morgan fingerprint density at radius 3 is 2.00 bits per heavy atom. The highest BCUT2D eigenvalue weighted by Crippen LogP contribution is 2.38. The van der Waals surface area contributed by atoms with Crippen molar-refractivity contribution >= 4 is 11.8 Å². The topological polar surface area (TPSA) is 66.4 Å². The summed E-state index contributed by atoms with van der Waals surface area (Å²) in [6.07, 6.45) is -2.26. The maximum absolute atomic E-state index is 10.8. The van der Waals surface area contributed by atoms with Gasteiger partial charge in [-0.25, -0.2) is 4.79 Å². The number of carbonyl (C=O) groups excluding carboxylic acids is 1. The number of alkyl halides is 3. The van der Waals surface area contributed by atoms with E-state index >= 15 is 0 Å². The second-order valence-electron chi connectivity index (χ2n) is 4.12. The Bertz CT molecular complexity index is 297. The number of ketones is 1. The third-order valence-corrected chi connectivity index (χ3v) is 2.75. The molecule has 2 fully saturated rings. The Labute approximate surface area is 89.8 Å². The lowest BCUT2D eigenvalue weighted by Gasteiger charge is -2.38. The van der Waals surface area contributed by atoms with E-state index in [-0.39, 0.29) is 0 Å². The molecule has 2 aliphatic rings. The van der Waals surface area contributed by atoms with Crippen LogP contribution < -0.4 is 5.32 Å². The predicted molar refractivity (Wildman–Crippen MR) is 47.9 cm³/mol. The number of rotatable bonds is 0. The standard InChI is InChI=1S/C7H11NO.C2HF3O2/c9-6-1-2-7(3-6)4-8-5-7;3-2(4,5)1(6)7/h8H,1-5H2;(H,6,7). The molecule has 1 heterocycles. The fourth-order valence-corrected chi connectivity index (χ4v) is 1.78. The molecule has 0 radical (unpaired) electrons.